The molecule has 0 radical (unpaired) electrons. The number of aliphatic hydroxyl groups excluding tert-OH is 1. The smallest absolute Gasteiger partial charge is 0.297 e. The average Bonchev–Trinajstić information content (AvgIpc) is 1.27. The van der Waals surface area contributed by atoms with Crippen molar-refractivity contribution in [2.45, 2.75) is 30.1 Å². The van der Waals surface area contributed by atoms with Crippen LogP contribution in [0.1, 0.15) is 38.3 Å². The highest BCUT2D eigenvalue weighted by Gasteiger charge is 2.18. The molecule has 0 aromatic heterocycles. The number of ketones is 1. The lowest BCUT2D eigenvalue weighted by Crippen LogP contribution is -2.27. The number of carbonyl (C=O) groups excluding carboxylic acids is 2. The summed E-state index contributed by atoms with van der Waals surface area (Å²) in [6.07, 6.45) is 14.9. The number of ether oxygens (including phenoxy) is 11. The molecule has 92 heavy (non-hydrogen) atoms. The molecule has 1 amide bonds. The molecule has 3 rings (SSSR count). The van der Waals surface area contributed by atoms with Crippen molar-refractivity contribution in [3.05, 3.63) is 126 Å². The zero-order valence-corrected chi connectivity index (χ0v) is 54.7. The first kappa shape index (κ1) is 89.2. The summed E-state index contributed by atoms with van der Waals surface area (Å²) in [5, 5.41) is 20.7. The van der Waals surface area contributed by atoms with E-state index in [1.807, 2.05) is 13.8 Å². The van der Waals surface area contributed by atoms with E-state index in [1.165, 1.54) is 36.4 Å². The van der Waals surface area contributed by atoms with Gasteiger partial charge in [0.1, 0.15) is 19.8 Å². The molecule has 512 valence electrons. The molecule has 0 aliphatic carbocycles. The molecule has 0 fully saturated rings. The molecule has 0 heterocycles. The van der Waals surface area contributed by atoms with Gasteiger partial charge in [-0.15, -0.1) is 31.7 Å². The predicted molar refractivity (Wildman–Crippen MR) is 346 cm³/mol. The van der Waals surface area contributed by atoms with Gasteiger partial charge in [-0.05, 0) is 66.8 Å². The van der Waals surface area contributed by atoms with E-state index in [0.717, 1.165) is 11.1 Å². The van der Waals surface area contributed by atoms with Gasteiger partial charge in [0.25, 0.3) is 16.0 Å². The number of azide groups is 3. The van der Waals surface area contributed by atoms with Crippen LogP contribution in [0.3, 0.4) is 0 Å². The Kier molecular flexibility index (Phi) is 63.6. The first-order valence-electron chi connectivity index (χ1n) is 28.3. The van der Waals surface area contributed by atoms with Gasteiger partial charge >= 0.3 is 0 Å². The molecule has 0 bridgehead atoms. The molecule has 3 aromatic carbocycles. The predicted octanol–water partition coefficient (Wildman–Crippen LogP) is 5.82. The van der Waals surface area contributed by atoms with E-state index >= 15 is 0 Å². The number of halogens is 1. The van der Waals surface area contributed by atoms with Crippen LogP contribution in [0, 0.1) is 50.9 Å². The van der Waals surface area contributed by atoms with Gasteiger partial charge in [0, 0.05) is 65.0 Å². The van der Waals surface area contributed by atoms with E-state index in [2.05, 4.69) is 53.2 Å². The number of rotatable bonds is 48. The van der Waals surface area contributed by atoms with Crippen molar-refractivity contribution in [3.63, 3.8) is 0 Å². The van der Waals surface area contributed by atoms with Crippen molar-refractivity contribution in [1.82, 2.24) is 5.32 Å². The van der Waals surface area contributed by atoms with E-state index < -0.39 is 20.0 Å². The maximum Gasteiger partial charge on any atom is 0.297 e. The largest absolute Gasteiger partial charge is 0.394 e. The second kappa shape index (κ2) is 65.5. The Balaban J connectivity index is -0.00000118. The quantitative estimate of drug-likeness (QED) is 0.0114. The minimum absolute atomic E-state index is 0. The minimum Gasteiger partial charge on any atom is -0.394 e. The molecule has 33 heteroatoms. The Hall–Kier alpha value is -6.96. The molecule has 0 aliphatic heterocycles. The molecule has 4 N–H and O–H groups in total. The summed E-state index contributed by atoms with van der Waals surface area (Å²) in [5.74, 6) is 6.22. The number of carbonyl (C=O) groups is 2. The number of nitrogens with one attached hydrogen (secondary N) is 1. The molecule has 0 spiro atoms. The third-order valence-electron chi connectivity index (χ3n) is 10.2. The fourth-order valence-corrected chi connectivity index (χ4v) is 8.01. The summed E-state index contributed by atoms with van der Waals surface area (Å²) in [7, 11) is -7.28. The number of amides is 1. The summed E-state index contributed by atoms with van der Waals surface area (Å²) in [6.45, 7) is 14.6. The van der Waals surface area contributed by atoms with E-state index in [-0.39, 0.29) is 85.6 Å². The third-order valence-corrected chi connectivity index (χ3v) is 13.3. The number of nitrogens with two attached hydrogens (primary N) is 1. The Labute approximate surface area is 546 Å². The van der Waals surface area contributed by atoms with Crippen LogP contribution in [0.25, 0.3) is 31.3 Å². The van der Waals surface area contributed by atoms with Crippen molar-refractivity contribution in [2.24, 2.45) is 21.1 Å². The normalized spacial score (nSPS) is 10.2. The SMILES string of the molecule is C#CCOCCOCCOCCN.C#CCOCCOCCOCCN=[N+]=[N-].C#CCOCCOCCOCCNC(=O)c1ccc(C(=O)CCS(=O)(=O)c2ccc(C)cc2)cc1.Cc1ccc(S(=O)(=O)OCCOCCN=[N+]=[N-])cc1.Cl.[N-]=[N+]=NCCOCCO. The maximum atomic E-state index is 12.4. The fraction of sp³-hybridized carbons (Fsp3) is 0.559. The Bertz CT molecular complexity index is 2850. The van der Waals surface area contributed by atoms with Gasteiger partial charge in [0.2, 0.25) is 0 Å². The molecule has 0 unspecified atom stereocenters. The van der Waals surface area contributed by atoms with Crippen LogP contribution in [0.15, 0.2) is 97.9 Å². The first-order valence-corrected chi connectivity index (χ1v) is 31.4. The van der Waals surface area contributed by atoms with Gasteiger partial charge in [-0.2, -0.15) is 8.42 Å². The lowest BCUT2D eigenvalue weighted by atomic mass is 10.1. The highest BCUT2D eigenvalue weighted by atomic mass is 35.5. The van der Waals surface area contributed by atoms with Crippen LogP contribution < -0.4 is 11.1 Å². The summed E-state index contributed by atoms with van der Waals surface area (Å²) >= 11 is 0. The van der Waals surface area contributed by atoms with Gasteiger partial charge in [-0.25, -0.2) is 8.42 Å². The third kappa shape index (κ3) is 55.8. The standard InChI is InChI=1S/C26H31NO7S.C11H15N3O4S.C9H15N3O3.C9H17NO3.C4H9N3O2.ClH/c1-3-14-32-16-18-34-19-17-33-15-13-27-26(29)23-8-6-22(7-9-23)25(28)12-20-35(30,31)24-10-4-21(2)5-11-24;1-10-2-4-11(5-3-10)19(15,16)18-9-8-17-7-6-13-14-12;1-2-4-13-6-8-15-9-7-14-5-3-11-12-10;1-2-4-11-6-8-13-9-7-12-5-3-10;5-7-6-1-3-9-4-2-8;/h1,4-11H,12-20H2,2H3,(H,27,29);2-5H,6-9H2,1H3;1H,3-9H2;1H,3-10H2;8H,1-4H2;1H. The lowest BCUT2D eigenvalue weighted by molar-refractivity contribution is 0.0209. The lowest BCUT2D eigenvalue weighted by Gasteiger charge is -2.08. The monoisotopic (exact) mass is 1350 g/mol. The summed E-state index contributed by atoms with van der Waals surface area (Å²) < 4.78 is 109. The van der Waals surface area contributed by atoms with E-state index in [1.54, 1.807) is 36.4 Å². The Morgan fingerprint density at radius 3 is 1.24 bits per heavy atom. The summed E-state index contributed by atoms with van der Waals surface area (Å²) in [5.41, 5.74) is 31.7. The maximum absolute atomic E-state index is 12.4. The number of hydrogen-bond acceptors (Lipinski definition) is 23. The highest BCUT2D eigenvalue weighted by molar-refractivity contribution is 7.91. The van der Waals surface area contributed by atoms with Crippen molar-refractivity contribution in [1.29, 1.82) is 0 Å². The number of nitrogens with zero attached hydrogens (tertiary/aromatic N) is 9. The van der Waals surface area contributed by atoms with Crippen LogP contribution in [-0.2, 0) is 76.2 Å². The van der Waals surface area contributed by atoms with Crippen LogP contribution in [0.4, 0.5) is 0 Å². The number of benzene rings is 3. The molecular weight excluding hydrogens is 1270 g/mol. The molecule has 0 atom stereocenters. The topological polar surface area (TPSA) is 418 Å². The van der Waals surface area contributed by atoms with E-state index in [9.17, 15) is 26.4 Å². The van der Waals surface area contributed by atoms with Gasteiger partial charge in [-0.1, -0.05) is 80.6 Å². The second-order valence-electron chi connectivity index (χ2n) is 17.3. The van der Waals surface area contributed by atoms with Crippen molar-refractivity contribution in [2.75, 3.05) is 197 Å². The van der Waals surface area contributed by atoms with Gasteiger partial charge in [0.05, 0.1) is 154 Å². The van der Waals surface area contributed by atoms with E-state index in [4.69, 9.17) is 103 Å². The first-order chi connectivity index (χ1) is 44.1. The van der Waals surface area contributed by atoms with Crippen molar-refractivity contribution >= 4 is 44.1 Å². The van der Waals surface area contributed by atoms with Crippen LogP contribution in [0.5, 0.6) is 0 Å². The number of hydrogen-bond donors (Lipinski definition) is 3. The van der Waals surface area contributed by atoms with Gasteiger partial charge < -0.3 is 68.3 Å². The van der Waals surface area contributed by atoms with Crippen LogP contribution >= 0.6 is 12.4 Å². The minimum atomic E-state index is -3.74. The fourth-order valence-electron chi connectivity index (χ4n) is 5.87. The van der Waals surface area contributed by atoms with Crippen molar-refractivity contribution < 1.29 is 87.8 Å². The molecular formula is C59H88ClN11O19S2. The number of aryl methyl sites for hydroxylation is 2. The number of aliphatic hydroxyl groups is 1. The molecule has 0 aliphatic rings. The second-order valence-corrected chi connectivity index (χ2v) is 21.0. The zero-order valence-electron chi connectivity index (χ0n) is 52.2. The molecule has 30 nitrogen and oxygen atoms in total. The van der Waals surface area contributed by atoms with Crippen LogP contribution in [0.2, 0.25) is 0 Å². The number of sulfone groups is 1. The Morgan fingerprint density at radius 2 is 0.848 bits per heavy atom. The van der Waals surface area contributed by atoms with Crippen LogP contribution in [-0.4, -0.2) is 231 Å². The molecule has 0 saturated heterocycles. The summed E-state index contributed by atoms with van der Waals surface area (Å²) in [4.78, 5) is 32.7. The summed E-state index contributed by atoms with van der Waals surface area (Å²) in [6, 6.07) is 19.0. The zero-order chi connectivity index (χ0) is 67.6. The Morgan fingerprint density at radius 1 is 0.500 bits per heavy atom. The van der Waals surface area contributed by atoms with Gasteiger partial charge in [0.15, 0.2) is 15.6 Å². The van der Waals surface area contributed by atoms with Gasteiger partial charge in [-0.3, -0.25) is 13.8 Å². The number of terminal acetylenes is 3. The van der Waals surface area contributed by atoms with E-state index in [0.29, 0.717) is 163 Å². The molecule has 3 aromatic rings. The average molecular weight is 1350 g/mol. The number of Topliss-reactive ketones (excluding diaryl/α,β-unsaturated/α-hetero) is 1. The molecule has 0 saturated carbocycles. The van der Waals surface area contributed by atoms with Crippen molar-refractivity contribution in [3.8, 4) is 37.0 Å². The highest BCUT2D eigenvalue weighted by Crippen LogP contribution is 2.16.